The molecule has 0 aliphatic carbocycles. The zero-order valence-corrected chi connectivity index (χ0v) is 42.6. The number of unbranched alkanes of at least 4 members (excludes halogenated alkanes) is 24. The van der Waals surface area contributed by atoms with Crippen LogP contribution in [0.25, 0.3) is 45.8 Å². The smallest absolute Gasteiger partial charge is 0.252 e. The highest BCUT2D eigenvalue weighted by molar-refractivity contribution is 5.76. The number of aromatic nitrogens is 4. The monoisotopic (exact) mass is 935 g/mol. The van der Waals surface area contributed by atoms with Crippen molar-refractivity contribution in [1.82, 2.24) is 20.4 Å². The fourth-order valence-corrected chi connectivity index (χ4v) is 8.40. The standard InChI is InChI=1S/C58H86N4O6/c1-5-9-13-17-19-21-23-25-27-31-41-63-49-37-33-47(34-38-49)55-59-61-57(67-55)51-45-54(66-44-30-16-12-8-4)52(46-53(51)65-43-29-15-11-7-3)58-62-60-56(68-58)48-35-39-50(40-36-48)64-42-32-28-26-24-22-20-18-14-10-6-2/h33-40,45-46H,5-32,41-44H2,1-4H3. The van der Waals surface area contributed by atoms with Gasteiger partial charge >= 0.3 is 0 Å². The Morgan fingerprint density at radius 2 is 0.574 bits per heavy atom. The summed E-state index contributed by atoms with van der Waals surface area (Å²) in [6, 6.07) is 19.6. The lowest BCUT2D eigenvalue weighted by molar-refractivity contribution is 0.297. The normalized spacial score (nSPS) is 11.4. The van der Waals surface area contributed by atoms with Crippen LogP contribution in [0.5, 0.6) is 23.0 Å². The van der Waals surface area contributed by atoms with Crippen molar-refractivity contribution < 1.29 is 27.8 Å². The lowest BCUT2D eigenvalue weighted by Gasteiger charge is -2.15. The Morgan fingerprint density at radius 1 is 0.309 bits per heavy atom. The number of rotatable bonds is 40. The van der Waals surface area contributed by atoms with Gasteiger partial charge in [0, 0.05) is 11.1 Å². The van der Waals surface area contributed by atoms with Crippen LogP contribution in [0.4, 0.5) is 0 Å². The van der Waals surface area contributed by atoms with Gasteiger partial charge in [0.15, 0.2) is 0 Å². The molecule has 2 aromatic heterocycles. The molecule has 0 radical (unpaired) electrons. The van der Waals surface area contributed by atoms with E-state index in [0.717, 1.165) is 86.8 Å². The lowest BCUT2D eigenvalue weighted by atomic mass is 10.1. The highest BCUT2D eigenvalue weighted by Crippen LogP contribution is 2.42. The first-order chi connectivity index (χ1) is 33.6. The molecule has 5 aromatic rings. The van der Waals surface area contributed by atoms with E-state index >= 15 is 0 Å². The van der Waals surface area contributed by atoms with Gasteiger partial charge in [-0.2, -0.15) is 0 Å². The van der Waals surface area contributed by atoms with Crippen LogP contribution >= 0.6 is 0 Å². The Kier molecular flexibility index (Phi) is 26.7. The number of benzene rings is 3. The summed E-state index contributed by atoms with van der Waals surface area (Å²) in [5.74, 6) is 4.36. The number of hydrogen-bond donors (Lipinski definition) is 0. The molecule has 10 heteroatoms. The van der Waals surface area contributed by atoms with E-state index in [9.17, 15) is 0 Å². The van der Waals surface area contributed by atoms with Gasteiger partial charge < -0.3 is 27.8 Å². The van der Waals surface area contributed by atoms with Crippen LogP contribution in [0.3, 0.4) is 0 Å². The van der Waals surface area contributed by atoms with E-state index in [1.807, 2.05) is 60.7 Å². The summed E-state index contributed by atoms with van der Waals surface area (Å²) in [6.07, 6.45) is 34.6. The second kappa shape index (κ2) is 33.6. The SMILES string of the molecule is CCCCCCCCCCCCOc1ccc(-c2nnc(-c3cc(OCCCCCC)c(-c4nnc(-c5ccc(OCCCCCCCCCCCC)cc5)o4)cc3OCCCCCC)o2)cc1. The van der Waals surface area contributed by atoms with Gasteiger partial charge in [0.25, 0.3) is 11.8 Å². The van der Waals surface area contributed by atoms with Crippen molar-refractivity contribution in [2.45, 2.75) is 207 Å². The van der Waals surface area contributed by atoms with Crippen LogP contribution in [-0.2, 0) is 0 Å². The van der Waals surface area contributed by atoms with Gasteiger partial charge in [-0.15, -0.1) is 20.4 Å². The molecule has 3 aromatic carbocycles. The minimum absolute atomic E-state index is 0.342. The van der Waals surface area contributed by atoms with Gasteiger partial charge in [-0.05, 0) is 86.3 Å². The minimum Gasteiger partial charge on any atom is -0.494 e. The molecule has 10 nitrogen and oxygen atoms in total. The van der Waals surface area contributed by atoms with Crippen molar-refractivity contribution in [3.63, 3.8) is 0 Å². The van der Waals surface area contributed by atoms with E-state index in [-0.39, 0.29) is 0 Å². The second-order valence-electron chi connectivity index (χ2n) is 18.6. The summed E-state index contributed by atoms with van der Waals surface area (Å²) >= 11 is 0. The van der Waals surface area contributed by atoms with Crippen molar-refractivity contribution in [3.05, 3.63) is 60.7 Å². The number of nitrogens with zero attached hydrogens (tertiary/aromatic N) is 4. The molecule has 5 rings (SSSR count). The van der Waals surface area contributed by atoms with E-state index in [1.54, 1.807) is 0 Å². The third-order valence-electron chi connectivity index (χ3n) is 12.6. The van der Waals surface area contributed by atoms with E-state index < -0.39 is 0 Å². The largest absolute Gasteiger partial charge is 0.494 e. The van der Waals surface area contributed by atoms with Crippen molar-refractivity contribution >= 4 is 0 Å². The van der Waals surface area contributed by atoms with E-state index in [4.69, 9.17) is 27.8 Å². The predicted molar refractivity (Wildman–Crippen MR) is 278 cm³/mol. The van der Waals surface area contributed by atoms with Crippen LogP contribution < -0.4 is 18.9 Å². The molecule has 0 saturated heterocycles. The molecule has 68 heavy (non-hydrogen) atoms. The van der Waals surface area contributed by atoms with Crippen molar-refractivity contribution in [1.29, 1.82) is 0 Å². The molecule has 0 saturated carbocycles. The van der Waals surface area contributed by atoms with Crippen molar-refractivity contribution in [2.24, 2.45) is 0 Å². The topological polar surface area (TPSA) is 115 Å². The third-order valence-corrected chi connectivity index (χ3v) is 12.6. The summed E-state index contributed by atoms with van der Waals surface area (Å²) in [5, 5.41) is 18.0. The maximum absolute atomic E-state index is 6.52. The first-order valence-corrected chi connectivity index (χ1v) is 27.2. The molecular formula is C58H86N4O6. The number of hydrogen-bond acceptors (Lipinski definition) is 10. The molecule has 0 aliphatic rings. The molecule has 0 N–H and O–H groups in total. The van der Waals surface area contributed by atoms with Gasteiger partial charge in [-0.25, -0.2) is 0 Å². The summed E-state index contributed by atoms with van der Waals surface area (Å²) in [5.41, 5.74) is 2.92. The highest BCUT2D eigenvalue weighted by atomic mass is 16.5. The Hall–Kier alpha value is -4.86. The first-order valence-electron chi connectivity index (χ1n) is 27.2. The molecule has 374 valence electrons. The second-order valence-corrected chi connectivity index (χ2v) is 18.6. The molecular weight excluding hydrogens is 849 g/mol. The minimum atomic E-state index is 0.342. The van der Waals surface area contributed by atoms with Gasteiger partial charge in [-0.3, -0.25) is 0 Å². The molecule has 0 spiro atoms. The lowest BCUT2D eigenvalue weighted by Crippen LogP contribution is -2.03. The Morgan fingerprint density at radius 3 is 0.897 bits per heavy atom. The molecule has 0 fully saturated rings. The van der Waals surface area contributed by atoms with Gasteiger partial charge in [0.05, 0.1) is 37.6 Å². The zero-order chi connectivity index (χ0) is 47.7. The van der Waals surface area contributed by atoms with Gasteiger partial charge in [0.2, 0.25) is 11.8 Å². The molecule has 0 bridgehead atoms. The van der Waals surface area contributed by atoms with Crippen molar-refractivity contribution in [3.8, 4) is 68.8 Å². The van der Waals surface area contributed by atoms with Crippen LogP contribution in [-0.4, -0.2) is 46.8 Å². The molecule has 0 amide bonds. The molecule has 0 atom stereocenters. The van der Waals surface area contributed by atoms with Crippen molar-refractivity contribution in [2.75, 3.05) is 26.4 Å². The van der Waals surface area contributed by atoms with E-state index in [1.165, 1.54) is 116 Å². The van der Waals surface area contributed by atoms with E-state index in [0.29, 0.717) is 72.6 Å². The fourth-order valence-electron chi connectivity index (χ4n) is 8.40. The summed E-state index contributed by atoms with van der Waals surface area (Å²) in [7, 11) is 0. The average Bonchev–Trinajstić information content (AvgIpc) is 4.07. The van der Waals surface area contributed by atoms with Crippen LogP contribution in [0.1, 0.15) is 207 Å². The predicted octanol–water partition coefficient (Wildman–Crippen LogP) is 17.6. The average molecular weight is 935 g/mol. The Bertz CT molecular complexity index is 1880. The van der Waals surface area contributed by atoms with Gasteiger partial charge in [-0.1, -0.05) is 182 Å². The fraction of sp³-hybridized carbons (Fsp3) is 0.621. The first kappa shape index (κ1) is 54.1. The number of ether oxygens (including phenoxy) is 4. The zero-order valence-electron chi connectivity index (χ0n) is 42.6. The van der Waals surface area contributed by atoms with Gasteiger partial charge in [0.1, 0.15) is 23.0 Å². The quantitative estimate of drug-likeness (QED) is 0.0352. The summed E-state index contributed by atoms with van der Waals surface area (Å²) in [4.78, 5) is 0. The Balaban J connectivity index is 1.24. The highest BCUT2D eigenvalue weighted by Gasteiger charge is 2.23. The molecule has 0 unspecified atom stereocenters. The summed E-state index contributed by atoms with van der Waals surface area (Å²) in [6.45, 7) is 11.5. The molecule has 0 aliphatic heterocycles. The van der Waals surface area contributed by atoms with E-state index in [2.05, 4.69) is 48.1 Å². The Labute approximate surface area is 410 Å². The molecule has 2 heterocycles. The maximum Gasteiger partial charge on any atom is 0.252 e. The third kappa shape index (κ3) is 20.0. The summed E-state index contributed by atoms with van der Waals surface area (Å²) < 4.78 is 38.0. The van der Waals surface area contributed by atoms with Crippen LogP contribution in [0.15, 0.2) is 69.5 Å². The van der Waals surface area contributed by atoms with Crippen LogP contribution in [0, 0.1) is 0 Å². The maximum atomic E-state index is 6.52. The van der Waals surface area contributed by atoms with Crippen LogP contribution in [0.2, 0.25) is 0 Å².